The van der Waals surface area contributed by atoms with E-state index in [-0.39, 0.29) is 12.4 Å². The van der Waals surface area contributed by atoms with Gasteiger partial charge in [0.15, 0.2) is 12.9 Å². The van der Waals surface area contributed by atoms with Gasteiger partial charge in [0.2, 0.25) is 0 Å². The van der Waals surface area contributed by atoms with Crippen molar-refractivity contribution in [1.29, 1.82) is 0 Å². The highest BCUT2D eigenvalue weighted by Crippen LogP contribution is 2.23. The Morgan fingerprint density at radius 1 is 1.47 bits per heavy atom. The summed E-state index contributed by atoms with van der Waals surface area (Å²) in [5.41, 5.74) is 0. The van der Waals surface area contributed by atoms with Crippen LogP contribution in [0.5, 0.6) is 0 Å². The molecule has 1 aromatic heterocycles. The van der Waals surface area contributed by atoms with E-state index in [1.807, 2.05) is 28.6 Å². The van der Waals surface area contributed by atoms with Crippen molar-refractivity contribution in [2.75, 3.05) is 6.61 Å². The van der Waals surface area contributed by atoms with Crippen LogP contribution in [-0.4, -0.2) is 22.6 Å². The summed E-state index contributed by atoms with van der Waals surface area (Å²) in [4.78, 5) is 0. The van der Waals surface area contributed by atoms with Crippen LogP contribution in [0.25, 0.3) is 0 Å². The number of ether oxygens (including phenoxy) is 1. The lowest BCUT2D eigenvalue weighted by Crippen LogP contribution is -3.00. The van der Waals surface area contributed by atoms with Crippen molar-refractivity contribution >= 4 is 6.21 Å². The predicted molar refractivity (Wildman–Crippen MR) is 67.5 cm³/mol. The topological polar surface area (TPSA) is 50.6 Å². The number of nitrogens with zero attached hydrogens (tertiary/aromatic N) is 3. The Kier molecular flexibility index (Phi) is 6.87. The van der Waals surface area contributed by atoms with E-state index in [2.05, 4.69) is 5.16 Å². The lowest BCUT2D eigenvalue weighted by Gasteiger charge is -2.20. The quantitative estimate of drug-likeness (QED) is 0.316. The number of imidazole rings is 1. The molecule has 1 aromatic rings. The summed E-state index contributed by atoms with van der Waals surface area (Å²) in [7, 11) is 1.91. The third kappa shape index (κ3) is 4.51. The maximum atomic E-state index is 8.62. The first-order valence-corrected chi connectivity index (χ1v) is 6.61. The molecule has 0 bridgehead atoms. The van der Waals surface area contributed by atoms with Gasteiger partial charge in [-0.3, -0.25) is 0 Å². The van der Waals surface area contributed by atoms with Gasteiger partial charge in [-0.1, -0.05) is 24.4 Å². The molecular formula is C13H22ClN3O2. The summed E-state index contributed by atoms with van der Waals surface area (Å²) >= 11 is 0. The Bertz CT molecular complexity index is 401. The van der Waals surface area contributed by atoms with E-state index in [4.69, 9.17) is 9.94 Å². The summed E-state index contributed by atoms with van der Waals surface area (Å²) in [5, 5.41) is 11.7. The minimum absolute atomic E-state index is 0. The van der Waals surface area contributed by atoms with E-state index in [0.29, 0.717) is 6.73 Å². The molecule has 5 nitrogen and oxygen atoms in total. The van der Waals surface area contributed by atoms with Crippen LogP contribution < -0.4 is 17.0 Å². The third-order valence-corrected chi connectivity index (χ3v) is 3.61. The molecule has 1 aliphatic rings. The number of hydrogen-bond acceptors (Lipinski definition) is 3. The largest absolute Gasteiger partial charge is 1.00 e. The number of rotatable bonds is 5. The molecule has 0 radical (unpaired) electrons. The minimum Gasteiger partial charge on any atom is -1.00 e. The average Bonchev–Trinajstić information content (AvgIpc) is 2.73. The fraction of sp³-hybridized carbons (Fsp3) is 0.692. The van der Waals surface area contributed by atoms with Crippen LogP contribution in [0.2, 0.25) is 0 Å². The van der Waals surface area contributed by atoms with Gasteiger partial charge in [-0.25, -0.2) is 9.13 Å². The van der Waals surface area contributed by atoms with Gasteiger partial charge in [0, 0.05) is 0 Å². The van der Waals surface area contributed by atoms with Crippen LogP contribution in [0, 0.1) is 5.92 Å². The second-order valence-corrected chi connectivity index (χ2v) is 4.99. The van der Waals surface area contributed by atoms with Crippen LogP contribution in [0.4, 0.5) is 0 Å². The van der Waals surface area contributed by atoms with Crippen molar-refractivity contribution in [3.8, 4) is 0 Å². The summed E-state index contributed by atoms with van der Waals surface area (Å²) in [6.45, 7) is 1.34. The molecule has 1 saturated carbocycles. The molecule has 0 unspecified atom stereocenters. The van der Waals surface area contributed by atoms with Gasteiger partial charge in [0.05, 0.1) is 13.7 Å². The van der Waals surface area contributed by atoms with Crippen LogP contribution >= 0.6 is 0 Å². The Hall–Kier alpha value is -1.07. The van der Waals surface area contributed by atoms with Crippen LogP contribution in [0.1, 0.15) is 37.9 Å². The molecule has 0 spiro atoms. The van der Waals surface area contributed by atoms with Crippen LogP contribution in [0.15, 0.2) is 17.5 Å². The van der Waals surface area contributed by atoms with Crippen molar-refractivity contribution in [2.45, 2.75) is 38.8 Å². The monoisotopic (exact) mass is 287 g/mol. The van der Waals surface area contributed by atoms with Gasteiger partial charge in [0.25, 0.3) is 0 Å². The lowest BCUT2D eigenvalue weighted by atomic mass is 9.90. The summed E-state index contributed by atoms with van der Waals surface area (Å²) in [6.07, 6.45) is 11.9. The predicted octanol–water partition coefficient (Wildman–Crippen LogP) is -1.32. The highest BCUT2D eigenvalue weighted by molar-refractivity contribution is 5.72. The molecule has 2 rings (SSSR count). The molecule has 1 aliphatic carbocycles. The van der Waals surface area contributed by atoms with E-state index in [9.17, 15) is 0 Å². The fourth-order valence-corrected chi connectivity index (χ4v) is 2.53. The Morgan fingerprint density at radius 2 is 2.21 bits per heavy atom. The smallest absolute Gasteiger partial charge is 0.305 e. The molecule has 0 aliphatic heterocycles. The molecule has 0 amide bonds. The van der Waals surface area contributed by atoms with Crippen LogP contribution in [-0.2, 0) is 18.5 Å². The Labute approximate surface area is 120 Å². The zero-order valence-electron chi connectivity index (χ0n) is 11.3. The summed E-state index contributed by atoms with van der Waals surface area (Å²) < 4.78 is 9.59. The van der Waals surface area contributed by atoms with Crippen molar-refractivity contribution in [1.82, 2.24) is 4.57 Å². The number of halogens is 1. The fourth-order valence-electron chi connectivity index (χ4n) is 2.53. The second-order valence-electron chi connectivity index (χ2n) is 4.99. The zero-order valence-corrected chi connectivity index (χ0v) is 12.1. The van der Waals surface area contributed by atoms with E-state index in [1.165, 1.54) is 38.3 Å². The molecule has 0 saturated heterocycles. The number of oxime groups is 1. The normalized spacial score (nSPS) is 16.7. The van der Waals surface area contributed by atoms with E-state index >= 15 is 0 Å². The molecule has 108 valence electrons. The van der Waals surface area contributed by atoms with Crippen molar-refractivity contribution < 1.29 is 26.9 Å². The second kappa shape index (κ2) is 8.17. The van der Waals surface area contributed by atoms with E-state index in [1.54, 1.807) is 0 Å². The molecule has 1 heterocycles. The number of aryl methyl sites for hydroxylation is 1. The zero-order chi connectivity index (χ0) is 12.8. The average molecular weight is 288 g/mol. The summed E-state index contributed by atoms with van der Waals surface area (Å²) in [5.74, 6) is 1.54. The van der Waals surface area contributed by atoms with Crippen LogP contribution in [0.3, 0.4) is 0 Å². The van der Waals surface area contributed by atoms with Gasteiger partial charge >= 0.3 is 5.82 Å². The number of hydrogen-bond donors (Lipinski definition) is 1. The molecule has 1 N–H and O–H groups in total. The molecule has 19 heavy (non-hydrogen) atoms. The minimum atomic E-state index is 0. The van der Waals surface area contributed by atoms with Gasteiger partial charge in [0.1, 0.15) is 12.4 Å². The van der Waals surface area contributed by atoms with E-state index in [0.717, 1.165) is 18.3 Å². The first-order chi connectivity index (χ1) is 8.81. The highest BCUT2D eigenvalue weighted by atomic mass is 35.5. The van der Waals surface area contributed by atoms with Gasteiger partial charge in [-0.05, 0) is 18.8 Å². The maximum Gasteiger partial charge on any atom is 0.305 e. The Balaban J connectivity index is 0.00000180. The molecule has 0 aromatic carbocycles. The molecular weight excluding hydrogens is 266 g/mol. The molecule has 6 heteroatoms. The third-order valence-electron chi connectivity index (χ3n) is 3.61. The lowest BCUT2D eigenvalue weighted by molar-refractivity contribution is -0.672. The maximum absolute atomic E-state index is 8.62. The SMILES string of the molecule is C[n+]1ccn(COCC2CCCCC2)c1/C=N/O.[Cl-]. The summed E-state index contributed by atoms with van der Waals surface area (Å²) in [6, 6.07) is 0. The molecule has 0 atom stereocenters. The first kappa shape index (κ1) is 16.0. The Morgan fingerprint density at radius 3 is 2.89 bits per heavy atom. The first-order valence-electron chi connectivity index (χ1n) is 6.61. The van der Waals surface area contributed by atoms with Gasteiger partial charge in [-0.15, -0.1) is 0 Å². The van der Waals surface area contributed by atoms with Gasteiger partial charge in [-0.2, -0.15) is 0 Å². The highest BCUT2D eigenvalue weighted by Gasteiger charge is 2.16. The van der Waals surface area contributed by atoms with Crippen molar-refractivity contribution in [3.05, 3.63) is 18.2 Å². The van der Waals surface area contributed by atoms with Crippen molar-refractivity contribution in [3.63, 3.8) is 0 Å². The van der Waals surface area contributed by atoms with Crippen molar-refractivity contribution in [2.24, 2.45) is 18.1 Å². The standard InChI is InChI=1S/C13H21N3O2.ClH/c1-15-7-8-16(13(15)9-14-17)11-18-10-12-5-3-2-4-6-12;/h7-9,12H,2-6,10-11H2,1H3;1H. The van der Waals surface area contributed by atoms with Gasteiger partial charge < -0.3 is 22.4 Å². The molecule has 1 fully saturated rings. The number of aromatic nitrogens is 2. The van der Waals surface area contributed by atoms with E-state index < -0.39 is 0 Å².